The number of carbonyl (C=O) groups excluding carboxylic acids is 2. The normalized spacial score (nSPS) is 12.0. The van der Waals surface area contributed by atoms with E-state index >= 15 is 0 Å². The van der Waals surface area contributed by atoms with Crippen LogP contribution in [0, 0.1) is 0 Å². The second kappa shape index (κ2) is 9.62. The highest BCUT2D eigenvalue weighted by Crippen LogP contribution is 2.26. The quantitative estimate of drug-likeness (QED) is 0.540. The summed E-state index contributed by atoms with van der Waals surface area (Å²) in [5, 5.41) is 7.38. The van der Waals surface area contributed by atoms with Crippen LogP contribution in [0.2, 0.25) is 0 Å². The van der Waals surface area contributed by atoms with E-state index in [2.05, 4.69) is 10.3 Å². The molecule has 0 aliphatic heterocycles. The molecule has 0 aliphatic carbocycles. The van der Waals surface area contributed by atoms with Crippen LogP contribution >= 0.6 is 11.3 Å². The minimum Gasteiger partial charge on any atom is -0.462 e. The molecule has 2 aromatic carbocycles. The second-order valence-electron chi connectivity index (χ2n) is 6.47. The van der Waals surface area contributed by atoms with Gasteiger partial charge in [0.05, 0.1) is 30.0 Å². The molecule has 3 aromatic rings. The third-order valence-electron chi connectivity index (χ3n) is 4.33. The first-order valence-corrected chi connectivity index (χ1v) is 10.5. The molecule has 1 heterocycles. The van der Waals surface area contributed by atoms with Crippen LogP contribution in [0.3, 0.4) is 0 Å². The van der Waals surface area contributed by atoms with E-state index in [1.807, 2.05) is 43.5 Å². The number of thiazole rings is 1. The number of fused-ring (bicyclic) bond motifs is 1. The van der Waals surface area contributed by atoms with Crippen LogP contribution in [0.5, 0.6) is 0 Å². The molecule has 3 rings (SSSR count). The molecule has 152 valence electrons. The van der Waals surface area contributed by atoms with Crippen LogP contribution < -0.4 is 5.32 Å². The van der Waals surface area contributed by atoms with E-state index in [-0.39, 0.29) is 25.0 Å². The molecule has 0 unspecified atom stereocenters. The van der Waals surface area contributed by atoms with Crippen molar-refractivity contribution in [3.05, 3.63) is 58.0 Å². The fraction of sp³-hybridized carbons (Fsp3) is 0.318. The van der Waals surface area contributed by atoms with Crippen LogP contribution in [-0.2, 0) is 20.7 Å². The highest BCUT2D eigenvalue weighted by Gasteiger charge is 2.17. The summed E-state index contributed by atoms with van der Waals surface area (Å²) < 4.78 is 10.7. The number of carbonyl (C=O) groups is 2. The summed E-state index contributed by atoms with van der Waals surface area (Å²) in [4.78, 5) is 29.5. The lowest BCUT2D eigenvalue weighted by Crippen LogP contribution is -2.18. The van der Waals surface area contributed by atoms with Gasteiger partial charge in [0.2, 0.25) is 5.91 Å². The van der Waals surface area contributed by atoms with Crippen LogP contribution in [0.25, 0.3) is 10.8 Å². The molecule has 1 N–H and O–H groups in total. The van der Waals surface area contributed by atoms with Crippen LogP contribution in [0.15, 0.2) is 41.8 Å². The summed E-state index contributed by atoms with van der Waals surface area (Å²) in [6.07, 6.45) is 0.0162. The highest BCUT2D eigenvalue weighted by atomic mass is 32.1. The number of hydrogen-bond acceptors (Lipinski definition) is 6. The number of esters is 1. The zero-order valence-corrected chi connectivity index (χ0v) is 17.5. The van der Waals surface area contributed by atoms with Gasteiger partial charge in [-0.3, -0.25) is 4.79 Å². The fourth-order valence-corrected chi connectivity index (χ4v) is 3.81. The molecule has 1 aromatic heterocycles. The monoisotopic (exact) mass is 412 g/mol. The molecule has 7 heteroatoms. The number of ether oxygens (including phenoxy) is 2. The lowest BCUT2D eigenvalue weighted by molar-refractivity contribution is -0.115. The molecule has 0 fully saturated rings. The summed E-state index contributed by atoms with van der Waals surface area (Å²) in [5.74, 6) is -0.707. The summed E-state index contributed by atoms with van der Waals surface area (Å²) in [6, 6.07) is 11.2. The van der Waals surface area contributed by atoms with Crippen molar-refractivity contribution in [3.63, 3.8) is 0 Å². The lowest BCUT2D eigenvalue weighted by atomic mass is 10.0. The second-order valence-corrected chi connectivity index (χ2v) is 7.35. The van der Waals surface area contributed by atoms with Crippen molar-refractivity contribution < 1.29 is 19.1 Å². The molecule has 0 saturated heterocycles. The third-order valence-corrected chi connectivity index (χ3v) is 5.39. The minimum atomic E-state index is -0.463. The van der Waals surface area contributed by atoms with Crippen LogP contribution in [0.1, 0.15) is 47.9 Å². The van der Waals surface area contributed by atoms with Crippen molar-refractivity contribution in [1.82, 2.24) is 4.98 Å². The number of benzene rings is 2. The maximum Gasteiger partial charge on any atom is 0.340 e. The average Bonchev–Trinajstić information content (AvgIpc) is 3.16. The molecule has 1 amide bonds. The Morgan fingerprint density at radius 2 is 1.86 bits per heavy atom. The molecule has 0 radical (unpaired) electrons. The minimum absolute atomic E-state index is 0.0993. The maximum atomic E-state index is 12.6. The van der Waals surface area contributed by atoms with Crippen molar-refractivity contribution in [2.45, 2.75) is 33.3 Å². The highest BCUT2D eigenvalue weighted by molar-refractivity contribution is 7.09. The van der Waals surface area contributed by atoms with Crippen molar-refractivity contribution in [2.75, 3.05) is 18.5 Å². The Hall–Kier alpha value is -2.77. The zero-order valence-electron chi connectivity index (χ0n) is 16.7. The first-order chi connectivity index (χ1) is 14.0. The number of nitrogens with one attached hydrogen (secondary N) is 1. The van der Waals surface area contributed by atoms with Crippen LogP contribution in [0.4, 0.5) is 5.69 Å². The predicted octanol–water partition coefficient (Wildman–Crippen LogP) is 4.75. The smallest absolute Gasteiger partial charge is 0.340 e. The molecular formula is C22H24N2O4S. The topological polar surface area (TPSA) is 77.5 Å². The van der Waals surface area contributed by atoms with Gasteiger partial charge in [-0.05, 0) is 43.7 Å². The van der Waals surface area contributed by atoms with Gasteiger partial charge in [-0.2, -0.15) is 0 Å². The number of hydrogen-bond donors (Lipinski definition) is 1. The van der Waals surface area contributed by atoms with Gasteiger partial charge in [0, 0.05) is 12.0 Å². The molecule has 0 saturated carbocycles. The lowest BCUT2D eigenvalue weighted by Gasteiger charge is -2.12. The Balaban J connectivity index is 1.80. The number of rotatable bonds is 8. The molecular weight excluding hydrogens is 388 g/mol. The molecule has 0 spiro atoms. The predicted molar refractivity (Wildman–Crippen MR) is 114 cm³/mol. The Labute approximate surface area is 173 Å². The van der Waals surface area contributed by atoms with Gasteiger partial charge in [-0.15, -0.1) is 11.3 Å². The van der Waals surface area contributed by atoms with Gasteiger partial charge < -0.3 is 14.8 Å². The van der Waals surface area contributed by atoms with Crippen LogP contribution in [-0.4, -0.2) is 30.1 Å². The van der Waals surface area contributed by atoms with E-state index in [9.17, 15) is 9.59 Å². The summed E-state index contributed by atoms with van der Waals surface area (Å²) in [6.45, 7) is 6.49. The first kappa shape index (κ1) is 21.0. The van der Waals surface area contributed by atoms with Gasteiger partial charge in [0.1, 0.15) is 11.1 Å². The average molecular weight is 413 g/mol. The number of anilines is 1. The fourth-order valence-electron chi connectivity index (χ4n) is 2.99. The van der Waals surface area contributed by atoms with Crippen molar-refractivity contribution in [1.29, 1.82) is 0 Å². The Bertz CT molecular complexity index is 1010. The van der Waals surface area contributed by atoms with Gasteiger partial charge in [-0.1, -0.05) is 24.3 Å². The van der Waals surface area contributed by atoms with Gasteiger partial charge in [-0.25, -0.2) is 9.78 Å². The van der Waals surface area contributed by atoms with E-state index in [4.69, 9.17) is 9.47 Å². The van der Waals surface area contributed by atoms with E-state index < -0.39 is 5.97 Å². The number of aromatic nitrogens is 1. The summed E-state index contributed by atoms with van der Waals surface area (Å²) in [7, 11) is 0. The van der Waals surface area contributed by atoms with E-state index in [1.54, 1.807) is 19.1 Å². The van der Waals surface area contributed by atoms with E-state index in [0.29, 0.717) is 23.6 Å². The van der Waals surface area contributed by atoms with Crippen molar-refractivity contribution >= 4 is 39.7 Å². The standard InChI is InChI=1S/C22H24N2O4S/c1-4-27-14(3)21-23-17(13-29-21)12-20(25)24-19-11-16-9-7-6-8-15(16)10-18(19)22(26)28-5-2/h6-11,13-14H,4-5,12H2,1-3H3,(H,24,25)/t14-/m0/s1. The van der Waals surface area contributed by atoms with E-state index in [1.165, 1.54) is 11.3 Å². The van der Waals surface area contributed by atoms with E-state index in [0.717, 1.165) is 15.8 Å². The number of nitrogens with zero attached hydrogens (tertiary/aromatic N) is 1. The molecule has 29 heavy (non-hydrogen) atoms. The van der Waals surface area contributed by atoms with Gasteiger partial charge >= 0.3 is 5.97 Å². The molecule has 6 nitrogen and oxygen atoms in total. The summed E-state index contributed by atoms with van der Waals surface area (Å²) >= 11 is 1.47. The van der Waals surface area contributed by atoms with Crippen molar-refractivity contribution in [3.8, 4) is 0 Å². The summed E-state index contributed by atoms with van der Waals surface area (Å²) in [5.41, 5.74) is 1.45. The molecule has 0 bridgehead atoms. The number of amides is 1. The molecule has 1 atom stereocenters. The van der Waals surface area contributed by atoms with Gasteiger partial charge in [0.25, 0.3) is 0 Å². The molecule has 0 aliphatic rings. The van der Waals surface area contributed by atoms with Gasteiger partial charge in [0.15, 0.2) is 0 Å². The zero-order chi connectivity index (χ0) is 20.8. The maximum absolute atomic E-state index is 12.6. The van der Waals surface area contributed by atoms with Crippen molar-refractivity contribution in [2.24, 2.45) is 0 Å². The third kappa shape index (κ3) is 5.19. The largest absolute Gasteiger partial charge is 0.462 e. The first-order valence-electron chi connectivity index (χ1n) is 9.57. The Morgan fingerprint density at radius 1 is 1.14 bits per heavy atom. The Morgan fingerprint density at radius 3 is 2.55 bits per heavy atom. The Kier molecular flexibility index (Phi) is 6.95. The SMILES string of the molecule is CCOC(=O)c1cc2ccccc2cc1NC(=O)Cc1csc([C@H](C)OCC)n1.